The van der Waals surface area contributed by atoms with Crippen molar-refractivity contribution in [3.8, 4) is 0 Å². The number of nitrogens with zero attached hydrogens (tertiary/aromatic N) is 1. The second-order valence-electron chi connectivity index (χ2n) is 5.20. The molecule has 0 saturated heterocycles. The maximum atomic E-state index is 12.9. The summed E-state index contributed by atoms with van der Waals surface area (Å²) in [5.74, 6) is -0.269. The van der Waals surface area contributed by atoms with Crippen LogP contribution in [0.4, 0.5) is 4.39 Å². The van der Waals surface area contributed by atoms with E-state index >= 15 is 0 Å². The lowest BCUT2D eigenvalue weighted by molar-refractivity contribution is -0.189. The van der Waals surface area contributed by atoms with Crippen molar-refractivity contribution in [3.05, 3.63) is 35.6 Å². The molecule has 0 saturated carbocycles. The van der Waals surface area contributed by atoms with Crippen molar-refractivity contribution >= 4 is 0 Å². The van der Waals surface area contributed by atoms with Crippen LogP contribution in [0, 0.1) is 11.7 Å². The molecule has 0 aliphatic carbocycles. The minimum Gasteiger partial charge on any atom is -0.387 e. The van der Waals surface area contributed by atoms with Crippen molar-refractivity contribution in [1.29, 1.82) is 0 Å². The highest BCUT2D eigenvalue weighted by Gasteiger charge is 2.30. The molecule has 2 N–H and O–H groups in total. The normalized spacial score (nSPS) is 15.4. The molecule has 1 aromatic carbocycles. The average molecular weight is 255 g/mol. The lowest BCUT2D eigenvalue weighted by atomic mass is 9.92. The summed E-state index contributed by atoms with van der Waals surface area (Å²) in [5, 5.41) is 21.5. The second-order valence-corrected chi connectivity index (χ2v) is 5.20. The van der Waals surface area contributed by atoms with Crippen LogP contribution in [0.3, 0.4) is 0 Å². The van der Waals surface area contributed by atoms with E-state index in [1.54, 1.807) is 12.1 Å². The SMILES string of the molecule is CC(C)C([C@@H](O)c1ccc(F)cc1)N(O)C(C)C. The summed E-state index contributed by atoms with van der Waals surface area (Å²) in [4.78, 5) is 0. The van der Waals surface area contributed by atoms with Crippen molar-refractivity contribution in [2.24, 2.45) is 5.92 Å². The Hall–Kier alpha value is -0.970. The summed E-state index contributed by atoms with van der Waals surface area (Å²) < 4.78 is 12.9. The van der Waals surface area contributed by atoms with Crippen molar-refractivity contribution in [1.82, 2.24) is 5.06 Å². The zero-order valence-corrected chi connectivity index (χ0v) is 11.3. The summed E-state index contributed by atoms with van der Waals surface area (Å²) in [6.45, 7) is 7.57. The van der Waals surface area contributed by atoms with Crippen LogP contribution in [-0.4, -0.2) is 27.5 Å². The first-order valence-corrected chi connectivity index (χ1v) is 6.25. The first-order valence-electron chi connectivity index (χ1n) is 6.25. The highest BCUT2D eigenvalue weighted by Crippen LogP contribution is 2.27. The highest BCUT2D eigenvalue weighted by atomic mass is 19.1. The number of halogens is 1. The van der Waals surface area contributed by atoms with Crippen LogP contribution in [0.5, 0.6) is 0 Å². The van der Waals surface area contributed by atoms with Gasteiger partial charge in [0, 0.05) is 6.04 Å². The second kappa shape index (κ2) is 6.27. The summed E-state index contributed by atoms with van der Waals surface area (Å²) in [5.41, 5.74) is 0.606. The van der Waals surface area contributed by atoms with E-state index in [1.807, 2.05) is 27.7 Å². The Morgan fingerprint density at radius 2 is 1.56 bits per heavy atom. The topological polar surface area (TPSA) is 43.7 Å². The van der Waals surface area contributed by atoms with E-state index in [2.05, 4.69) is 0 Å². The van der Waals surface area contributed by atoms with Gasteiger partial charge in [-0.05, 0) is 37.5 Å². The predicted molar refractivity (Wildman–Crippen MR) is 68.7 cm³/mol. The Morgan fingerprint density at radius 3 is 1.94 bits per heavy atom. The Balaban J connectivity index is 2.95. The minimum atomic E-state index is -0.849. The van der Waals surface area contributed by atoms with Gasteiger partial charge in [0.2, 0.25) is 0 Å². The van der Waals surface area contributed by atoms with E-state index in [0.29, 0.717) is 5.56 Å². The molecule has 1 unspecified atom stereocenters. The molecule has 0 radical (unpaired) electrons. The summed E-state index contributed by atoms with van der Waals surface area (Å²) in [7, 11) is 0. The predicted octanol–water partition coefficient (Wildman–Crippen LogP) is 2.98. The third-order valence-electron chi connectivity index (χ3n) is 3.05. The molecular weight excluding hydrogens is 233 g/mol. The Labute approximate surface area is 108 Å². The number of hydrogen-bond acceptors (Lipinski definition) is 3. The molecule has 0 spiro atoms. The number of aliphatic hydroxyl groups excluding tert-OH is 1. The van der Waals surface area contributed by atoms with E-state index in [0.717, 1.165) is 0 Å². The molecule has 2 atom stereocenters. The lowest BCUT2D eigenvalue weighted by Crippen LogP contribution is -2.44. The maximum Gasteiger partial charge on any atom is 0.123 e. The van der Waals surface area contributed by atoms with Gasteiger partial charge in [-0.25, -0.2) is 4.39 Å². The lowest BCUT2D eigenvalue weighted by Gasteiger charge is -2.35. The fourth-order valence-corrected chi connectivity index (χ4v) is 2.02. The van der Waals surface area contributed by atoms with Crippen molar-refractivity contribution < 1.29 is 14.7 Å². The fourth-order valence-electron chi connectivity index (χ4n) is 2.02. The number of rotatable bonds is 5. The third kappa shape index (κ3) is 3.51. The number of aliphatic hydroxyl groups is 1. The maximum absolute atomic E-state index is 12.9. The van der Waals surface area contributed by atoms with Gasteiger partial charge in [-0.2, -0.15) is 5.06 Å². The van der Waals surface area contributed by atoms with Gasteiger partial charge >= 0.3 is 0 Å². The van der Waals surface area contributed by atoms with Gasteiger partial charge in [-0.15, -0.1) is 0 Å². The molecule has 1 rings (SSSR count). The van der Waals surface area contributed by atoms with Crippen molar-refractivity contribution in [2.75, 3.05) is 0 Å². The minimum absolute atomic E-state index is 0.0671. The van der Waals surface area contributed by atoms with Crippen molar-refractivity contribution in [2.45, 2.75) is 45.9 Å². The van der Waals surface area contributed by atoms with E-state index in [1.165, 1.54) is 17.2 Å². The molecule has 18 heavy (non-hydrogen) atoms. The molecule has 102 valence electrons. The molecule has 1 aromatic rings. The Morgan fingerprint density at radius 1 is 1.06 bits per heavy atom. The van der Waals surface area contributed by atoms with Crippen LogP contribution in [0.15, 0.2) is 24.3 Å². The average Bonchev–Trinajstić information content (AvgIpc) is 2.29. The van der Waals surface area contributed by atoms with Crippen molar-refractivity contribution in [3.63, 3.8) is 0 Å². The molecule has 0 aromatic heterocycles. The highest BCUT2D eigenvalue weighted by molar-refractivity contribution is 5.20. The summed E-state index contributed by atoms with van der Waals surface area (Å²) in [6.07, 6.45) is -0.849. The van der Waals surface area contributed by atoms with Gasteiger partial charge in [-0.1, -0.05) is 26.0 Å². The molecule has 0 aliphatic rings. The monoisotopic (exact) mass is 255 g/mol. The van der Waals surface area contributed by atoms with E-state index in [9.17, 15) is 14.7 Å². The summed E-state index contributed by atoms with van der Waals surface area (Å²) >= 11 is 0. The molecule has 4 heteroatoms. The van der Waals surface area contributed by atoms with Crippen LogP contribution < -0.4 is 0 Å². The van der Waals surface area contributed by atoms with Crippen LogP contribution in [0.2, 0.25) is 0 Å². The van der Waals surface area contributed by atoms with E-state index in [4.69, 9.17) is 0 Å². The summed E-state index contributed by atoms with van der Waals surface area (Å²) in [6, 6.07) is 5.20. The number of benzene rings is 1. The van der Waals surface area contributed by atoms with Gasteiger partial charge in [0.25, 0.3) is 0 Å². The third-order valence-corrected chi connectivity index (χ3v) is 3.05. The van der Waals surface area contributed by atoms with Crippen LogP contribution in [0.1, 0.15) is 39.4 Å². The van der Waals surface area contributed by atoms with Gasteiger partial charge in [-0.3, -0.25) is 0 Å². The quantitative estimate of drug-likeness (QED) is 0.795. The van der Waals surface area contributed by atoms with Gasteiger partial charge < -0.3 is 10.3 Å². The zero-order chi connectivity index (χ0) is 13.9. The van der Waals surface area contributed by atoms with Crippen LogP contribution in [-0.2, 0) is 0 Å². The Bertz CT molecular complexity index is 365. The molecule has 0 heterocycles. The Kier molecular flexibility index (Phi) is 5.26. The number of hydroxylamine groups is 2. The fraction of sp³-hybridized carbons (Fsp3) is 0.571. The zero-order valence-electron chi connectivity index (χ0n) is 11.3. The molecule has 0 amide bonds. The molecular formula is C14H22FNO2. The van der Waals surface area contributed by atoms with Gasteiger partial charge in [0.15, 0.2) is 0 Å². The molecule has 0 aliphatic heterocycles. The number of hydrogen-bond donors (Lipinski definition) is 2. The van der Waals surface area contributed by atoms with E-state index in [-0.39, 0.29) is 17.8 Å². The first kappa shape index (κ1) is 15.1. The standard InChI is InChI=1S/C14H22FNO2/c1-9(2)13(16(18)10(3)4)14(17)11-5-7-12(15)8-6-11/h5-10,13-14,17-18H,1-4H3/t13?,14-/m0/s1. The first-order chi connectivity index (χ1) is 8.34. The van der Waals surface area contributed by atoms with Crippen LogP contribution in [0.25, 0.3) is 0 Å². The van der Waals surface area contributed by atoms with Crippen LogP contribution >= 0.6 is 0 Å². The van der Waals surface area contributed by atoms with Gasteiger partial charge in [0.05, 0.1) is 12.1 Å². The van der Waals surface area contributed by atoms with Gasteiger partial charge in [0.1, 0.15) is 5.82 Å². The van der Waals surface area contributed by atoms with E-state index < -0.39 is 12.1 Å². The smallest absolute Gasteiger partial charge is 0.123 e. The largest absolute Gasteiger partial charge is 0.387 e. The molecule has 0 fully saturated rings. The molecule has 0 bridgehead atoms. The molecule has 3 nitrogen and oxygen atoms in total.